The zero-order chi connectivity index (χ0) is 9.02. The first-order valence-corrected chi connectivity index (χ1v) is 4.20. The lowest BCUT2D eigenvalue weighted by atomic mass is 10.1. The van der Waals surface area contributed by atoms with E-state index in [1.54, 1.807) is 0 Å². The molecule has 0 rings (SSSR count). The van der Waals surface area contributed by atoms with Gasteiger partial charge in [0.05, 0.1) is 5.38 Å². The predicted molar refractivity (Wildman–Crippen MR) is 45.7 cm³/mol. The smallest absolute Gasteiger partial charge is 0.302 e. The third-order valence-electron chi connectivity index (χ3n) is 1.41. The van der Waals surface area contributed by atoms with Crippen LogP contribution in [0.25, 0.3) is 0 Å². The van der Waals surface area contributed by atoms with E-state index in [1.165, 1.54) is 6.92 Å². The standard InChI is InChI=1S/C8H15ClO2/c1-5(2)8(6(3)9)11-7(4)10/h5-6,8H,1-4H3/t6-,8-/m0/s1. The summed E-state index contributed by atoms with van der Waals surface area (Å²) in [5, 5.41) is -0.126. The van der Waals surface area contributed by atoms with Crippen LogP contribution in [-0.2, 0) is 9.53 Å². The number of halogens is 1. The average Bonchev–Trinajstić information content (AvgIpc) is 1.81. The minimum Gasteiger partial charge on any atom is -0.461 e. The molecule has 3 heteroatoms. The molecule has 0 aromatic heterocycles. The van der Waals surface area contributed by atoms with E-state index in [4.69, 9.17) is 16.3 Å². The maximum Gasteiger partial charge on any atom is 0.302 e. The summed E-state index contributed by atoms with van der Waals surface area (Å²) >= 11 is 5.81. The number of hydrogen-bond donors (Lipinski definition) is 0. The fraction of sp³-hybridized carbons (Fsp3) is 0.875. The number of alkyl halides is 1. The molecule has 0 aromatic carbocycles. The maximum absolute atomic E-state index is 10.6. The minimum absolute atomic E-state index is 0.126. The third-order valence-corrected chi connectivity index (χ3v) is 1.66. The van der Waals surface area contributed by atoms with E-state index in [9.17, 15) is 4.79 Å². The van der Waals surface area contributed by atoms with Crippen molar-refractivity contribution in [2.45, 2.75) is 39.2 Å². The van der Waals surface area contributed by atoms with E-state index in [0.29, 0.717) is 0 Å². The van der Waals surface area contributed by atoms with Crippen molar-refractivity contribution < 1.29 is 9.53 Å². The Hall–Kier alpha value is -0.240. The molecule has 0 fully saturated rings. The molecule has 0 saturated carbocycles. The molecule has 0 N–H and O–H groups in total. The highest BCUT2D eigenvalue weighted by molar-refractivity contribution is 6.20. The molecule has 0 heterocycles. The number of carbonyl (C=O) groups excluding carboxylic acids is 1. The van der Waals surface area contributed by atoms with Gasteiger partial charge in [-0.05, 0) is 12.8 Å². The number of ether oxygens (including phenoxy) is 1. The summed E-state index contributed by atoms with van der Waals surface area (Å²) in [6.07, 6.45) is -0.172. The highest BCUT2D eigenvalue weighted by Gasteiger charge is 2.21. The molecule has 0 saturated heterocycles. The molecule has 66 valence electrons. The van der Waals surface area contributed by atoms with Crippen molar-refractivity contribution in [3.63, 3.8) is 0 Å². The van der Waals surface area contributed by atoms with Gasteiger partial charge in [-0.1, -0.05) is 13.8 Å². The minimum atomic E-state index is -0.267. The molecule has 0 unspecified atom stereocenters. The molecular weight excluding hydrogens is 164 g/mol. The first kappa shape index (κ1) is 10.8. The summed E-state index contributed by atoms with van der Waals surface area (Å²) in [5.41, 5.74) is 0. The van der Waals surface area contributed by atoms with E-state index in [0.717, 1.165) is 0 Å². The van der Waals surface area contributed by atoms with Gasteiger partial charge in [0.2, 0.25) is 0 Å². The van der Waals surface area contributed by atoms with Crippen LogP contribution in [0, 0.1) is 5.92 Å². The lowest BCUT2D eigenvalue weighted by molar-refractivity contribution is -0.148. The van der Waals surface area contributed by atoms with Crippen LogP contribution in [-0.4, -0.2) is 17.5 Å². The predicted octanol–water partition coefficient (Wildman–Crippen LogP) is 2.20. The average molecular weight is 179 g/mol. The Labute approximate surface area is 72.9 Å². The highest BCUT2D eigenvalue weighted by Crippen LogP contribution is 2.15. The van der Waals surface area contributed by atoms with Crippen molar-refractivity contribution in [1.82, 2.24) is 0 Å². The third kappa shape index (κ3) is 4.25. The van der Waals surface area contributed by atoms with E-state index < -0.39 is 0 Å². The Morgan fingerprint density at radius 2 is 1.82 bits per heavy atom. The van der Waals surface area contributed by atoms with Gasteiger partial charge in [-0.15, -0.1) is 11.6 Å². The molecule has 11 heavy (non-hydrogen) atoms. The largest absolute Gasteiger partial charge is 0.461 e. The van der Waals surface area contributed by atoms with Crippen LogP contribution in [0.15, 0.2) is 0 Å². The second-order valence-electron chi connectivity index (χ2n) is 3.00. The zero-order valence-electron chi connectivity index (χ0n) is 7.43. The second-order valence-corrected chi connectivity index (χ2v) is 3.68. The Morgan fingerprint density at radius 1 is 1.36 bits per heavy atom. The lowest BCUT2D eigenvalue weighted by Crippen LogP contribution is -2.29. The quantitative estimate of drug-likeness (QED) is 0.489. The molecule has 2 nitrogen and oxygen atoms in total. The van der Waals surface area contributed by atoms with Crippen LogP contribution in [0.5, 0.6) is 0 Å². The van der Waals surface area contributed by atoms with Crippen molar-refractivity contribution in [2.24, 2.45) is 5.92 Å². The van der Waals surface area contributed by atoms with Crippen LogP contribution in [0.3, 0.4) is 0 Å². The van der Waals surface area contributed by atoms with Gasteiger partial charge in [0.1, 0.15) is 6.10 Å². The molecule has 0 aliphatic carbocycles. The van der Waals surface area contributed by atoms with E-state index in [2.05, 4.69) is 0 Å². The summed E-state index contributed by atoms with van der Waals surface area (Å²) < 4.78 is 5.00. The van der Waals surface area contributed by atoms with Crippen molar-refractivity contribution in [2.75, 3.05) is 0 Å². The molecular formula is C8H15ClO2. The van der Waals surface area contributed by atoms with Crippen molar-refractivity contribution in [3.05, 3.63) is 0 Å². The monoisotopic (exact) mass is 178 g/mol. The number of hydrogen-bond acceptors (Lipinski definition) is 2. The van der Waals surface area contributed by atoms with E-state index in [1.807, 2.05) is 20.8 Å². The number of esters is 1. The molecule has 0 radical (unpaired) electrons. The summed E-state index contributed by atoms with van der Waals surface area (Å²) in [7, 11) is 0. The summed E-state index contributed by atoms with van der Waals surface area (Å²) in [6, 6.07) is 0. The Bertz CT molecular complexity index is 124. The number of carbonyl (C=O) groups is 1. The Kier molecular flexibility index (Phi) is 4.50. The van der Waals surface area contributed by atoms with Crippen molar-refractivity contribution in [1.29, 1.82) is 0 Å². The molecule has 0 aliphatic rings. The van der Waals surface area contributed by atoms with Crippen LogP contribution in [0.2, 0.25) is 0 Å². The van der Waals surface area contributed by atoms with Gasteiger partial charge in [-0.25, -0.2) is 0 Å². The number of rotatable bonds is 3. The first-order chi connectivity index (χ1) is 4.95. The molecule has 0 bridgehead atoms. The van der Waals surface area contributed by atoms with E-state index >= 15 is 0 Å². The summed E-state index contributed by atoms with van der Waals surface area (Å²) in [5.74, 6) is 0.00241. The van der Waals surface area contributed by atoms with Crippen LogP contribution < -0.4 is 0 Å². The van der Waals surface area contributed by atoms with Gasteiger partial charge in [0, 0.05) is 6.92 Å². The van der Waals surface area contributed by atoms with Gasteiger partial charge in [0.15, 0.2) is 0 Å². The molecule has 0 aliphatic heterocycles. The molecule has 0 amide bonds. The van der Waals surface area contributed by atoms with Gasteiger partial charge < -0.3 is 4.74 Å². The van der Waals surface area contributed by atoms with Gasteiger partial charge in [-0.3, -0.25) is 4.79 Å². The van der Waals surface area contributed by atoms with E-state index in [-0.39, 0.29) is 23.4 Å². The highest BCUT2D eigenvalue weighted by atomic mass is 35.5. The van der Waals surface area contributed by atoms with Crippen LogP contribution in [0.1, 0.15) is 27.7 Å². The van der Waals surface area contributed by atoms with Gasteiger partial charge >= 0.3 is 5.97 Å². The summed E-state index contributed by atoms with van der Waals surface area (Å²) in [4.78, 5) is 10.6. The van der Waals surface area contributed by atoms with Crippen LogP contribution in [0.4, 0.5) is 0 Å². The maximum atomic E-state index is 10.6. The topological polar surface area (TPSA) is 26.3 Å². The molecule has 0 aromatic rings. The Balaban J connectivity index is 4.00. The van der Waals surface area contributed by atoms with Gasteiger partial charge in [0.25, 0.3) is 0 Å². The zero-order valence-corrected chi connectivity index (χ0v) is 8.18. The SMILES string of the molecule is CC(=O)O[C@@H](C(C)C)[C@H](C)Cl. The molecule has 0 spiro atoms. The lowest BCUT2D eigenvalue weighted by Gasteiger charge is -2.22. The fourth-order valence-electron chi connectivity index (χ4n) is 0.952. The van der Waals surface area contributed by atoms with Crippen molar-refractivity contribution in [3.8, 4) is 0 Å². The first-order valence-electron chi connectivity index (χ1n) is 3.76. The van der Waals surface area contributed by atoms with Crippen molar-refractivity contribution >= 4 is 17.6 Å². The molecule has 2 atom stereocenters. The normalized spacial score (nSPS) is 16.2. The van der Waals surface area contributed by atoms with Crippen LogP contribution >= 0.6 is 11.6 Å². The fourth-order valence-corrected chi connectivity index (χ4v) is 1.29. The Morgan fingerprint density at radius 3 is 1.91 bits per heavy atom. The van der Waals surface area contributed by atoms with Gasteiger partial charge in [-0.2, -0.15) is 0 Å². The summed E-state index contributed by atoms with van der Waals surface area (Å²) in [6.45, 7) is 7.18. The second kappa shape index (κ2) is 4.60.